The average molecular weight is 360 g/mol. The van der Waals surface area contributed by atoms with Gasteiger partial charge in [0.15, 0.2) is 0 Å². The van der Waals surface area contributed by atoms with Crippen LogP contribution in [0.15, 0.2) is 6.20 Å². The van der Waals surface area contributed by atoms with E-state index in [4.69, 9.17) is 14.5 Å². The van der Waals surface area contributed by atoms with Gasteiger partial charge in [0.25, 0.3) is 0 Å². The largest absolute Gasteiger partial charge is 0.378 e. The number of carbonyl (C=O) groups excluding carboxylic acids is 1. The minimum atomic E-state index is -0.367. The third-order valence-corrected chi connectivity index (χ3v) is 5.57. The third-order valence-electron chi connectivity index (χ3n) is 5.57. The highest BCUT2D eigenvalue weighted by Crippen LogP contribution is 2.40. The first-order valence-electron chi connectivity index (χ1n) is 9.45. The average Bonchev–Trinajstić information content (AvgIpc) is 3.06. The van der Waals surface area contributed by atoms with Crippen molar-refractivity contribution in [2.24, 2.45) is 5.41 Å². The summed E-state index contributed by atoms with van der Waals surface area (Å²) in [5, 5.41) is 0. The molecular formula is C19H28N4O3. The summed E-state index contributed by atoms with van der Waals surface area (Å²) in [4.78, 5) is 26.4. The van der Waals surface area contributed by atoms with Crippen LogP contribution in [-0.2, 0) is 26.3 Å². The Morgan fingerprint density at radius 2 is 1.96 bits per heavy atom. The molecule has 1 unspecified atom stereocenters. The molecule has 1 amide bonds. The van der Waals surface area contributed by atoms with Crippen LogP contribution in [0.2, 0.25) is 0 Å². The second kappa shape index (κ2) is 6.46. The fourth-order valence-electron chi connectivity index (χ4n) is 4.13. The lowest BCUT2D eigenvalue weighted by molar-refractivity contribution is -0.138. The first kappa shape index (κ1) is 17.7. The number of likely N-dealkylation sites (tertiary alicyclic amines) is 1. The van der Waals surface area contributed by atoms with Crippen molar-refractivity contribution in [3.8, 4) is 0 Å². The maximum Gasteiger partial charge on any atom is 0.227 e. The van der Waals surface area contributed by atoms with Gasteiger partial charge in [0.2, 0.25) is 11.9 Å². The van der Waals surface area contributed by atoms with E-state index >= 15 is 0 Å². The number of nitrogens with zero attached hydrogens (tertiary/aromatic N) is 4. The van der Waals surface area contributed by atoms with E-state index in [0.29, 0.717) is 33.0 Å². The Morgan fingerprint density at radius 3 is 2.69 bits per heavy atom. The number of morpholine rings is 1. The van der Waals surface area contributed by atoms with Crippen LogP contribution in [0.25, 0.3) is 0 Å². The molecule has 2 fully saturated rings. The highest BCUT2D eigenvalue weighted by molar-refractivity contribution is 5.82. The zero-order chi connectivity index (χ0) is 18.4. The second-order valence-corrected chi connectivity index (χ2v) is 8.64. The Labute approximate surface area is 154 Å². The molecule has 3 aliphatic rings. The number of aromatic nitrogens is 2. The Balaban J connectivity index is 1.63. The summed E-state index contributed by atoms with van der Waals surface area (Å²) in [6.07, 6.45) is 2.80. The van der Waals surface area contributed by atoms with Gasteiger partial charge < -0.3 is 19.3 Å². The van der Waals surface area contributed by atoms with Crippen molar-refractivity contribution in [2.75, 3.05) is 50.9 Å². The maximum absolute atomic E-state index is 12.7. The lowest BCUT2D eigenvalue weighted by Gasteiger charge is -2.36. The van der Waals surface area contributed by atoms with E-state index in [-0.39, 0.29) is 16.7 Å². The van der Waals surface area contributed by atoms with Gasteiger partial charge in [-0.25, -0.2) is 9.97 Å². The van der Waals surface area contributed by atoms with Crippen LogP contribution in [0.4, 0.5) is 5.95 Å². The fraction of sp³-hybridized carbons (Fsp3) is 0.737. The van der Waals surface area contributed by atoms with Crippen molar-refractivity contribution in [3.05, 3.63) is 17.5 Å². The van der Waals surface area contributed by atoms with E-state index in [1.54, 1.807) is 0 Å². The summed E-state index contributed by atoms with van der Waals surface area (Å²) in [5.41, 5.74) is 1.55. The van der Waals surface area contributed by atoms with Crippen LogP contribution < -0.4 is 4.90 Å². The Bertz CT molecular complexity index is 697. The van der Waals surface area contributed by atoms with Gasteiger partial charge >= 0.3 is 0 Å². The van der Waals surface area contributed by atoms with Crippen molar-refractivity contribution in [3.63, 3.8) is 0 Å². The van der Waals surface area contributed by atoms with E-state index in [1.165, 1.54) is 0 Å². The van der Waals surface area contributed by atoms with E-state index in [9.17, 15) is 4.79 Å². The highest BCUT2D eigenvalue weighted by Gasteiger charge is 2.47. The lowest BCUT2D eigenvalue weighted by Crippen LogP contribution is -2.44. The number of hydrogen-bond acceptors (Lipinski definition) is 6. The minimum Gasteiger partial charge on any atom is -0.378 e. The zero-order valence-electron chi connectivity index (χ0n) is 16.0. The molecule has 0 bridgehead atoms. The van der Waals surface area contributed by atoms with Crippen molar-refractivity contribution in [1.82, 2.24) is 14.9 Å². The van der Waals surface area contributed by atoms with Crippen LogP contribution >= 0.6 is 0 Å². The van der Waals surface area contributed by atoms with Gasteiger partial charge in [0.1, 0.15) is 0 Å². The van der Waals surface area contributed by atoms with Gasteiger partial charge in [-0.3, -0.25) is 4.79 Å². The highest BCUT2D eigenvalue weighted by atomic mass is 16.5. The molecule has 0 saturated carbocycles. The minimum absolute atomic E-state index is 0.198. The van der Waals surface area contributed by atoms with Crippen molar-refractivity contribution in [1.29, 1.82) is 0 Å². The molecule has 26 heavy (non-hydrogen) atoms. The molecule has 1 spiro atoms. The van der Waals surface area contributed by atoms with E-state index < -0.39 is 0 Å². The van der Waals surface area contributed by atoms with Crippen LogP contribution in [0.1, 0.15) is 38.4 Å². The van der Waals surface area contributed by atoms with Crippen molar-refractivity contribution >= 4 is 11.9 Å². The van der Waals surface area contributed by atoms with Crippen LogP contribution in [0.3, 0.4) is 0 Å². The summed E-state index contributed by atoms with van der Waals surface area (Å²) in [7, 11) is 0. The molecule has 1 aromatic heterocycles. The van der Waals surface area contributed by atoms with Gasteiger partial charge in [-0.1, -0.05) is 20.8 Å². The third kappa shape index (κ3) is 3.07. The predicted molar refractivity (Wildman–Crippen MR) is 97.1 cm³/mol. The summed E-state index contributed by atoms with van der Waals surface area (Å²) < 4.78 is 11.3. The first-order valence-corrected chi connectivity index (χ1v) is 9.45. The topological polar surface area (TPSA) is 67.8 Å². The monoisotopic (exact) mass is 360 g/mol. The summed E-state index contributed by atoms with van der Waals surface area (Å²) in [6, 6.07) is 0. The van der Waals surface area contributed by atoms with Gasteiger partial charge in [-0.15, -0.1) is 0 Å². The van der Waals surface area contributed by atoms with Crippen LogP contribution in [0.5, 0.6) is 0 Å². The summed E-state index contributed by atoms with van der Waals surface area (Å²) in [5.74, 6) is 0.970. The number of rotatable bonds is 1. The fourth-order valence-corrected chi connectivity index (χ4v) is 4.13. The number of carbonyl (C=O) groups is 1. The number of amides is 1. The molecule has 7 nitrogen and oxygen atoms in total. The maximum atomic E-state index is 12.7. The van der Waals surface area contributed by atoms with E-state index in [1.807, 2.05) is 31.9 Å². The molecule has 1 aromatic rings. The summed E-state index contributed by atoms with van der Waals surface area (Å²) >= 11 is 0. The van der Waals surface area contributed by atoms with Crippen LogP contribution in [-0.4, -0.2) is 66.8 Å². The first-order chi connectivity index (χ1) is 12.4. The standard InChI is InChI=1S/C19H28N4O3/c1-18(2,3)16(24)23-5-4-19(12-23)13-26-11-14-10-20-17(21-15(14)19)22-6-8-25-9-7-22/h10H,4-9,11-13H2,1-3H3. The van der Waals surface area contributed by atoms with Gasteiger partial charge in [0.05, 0.1) is 37.5 Å². The molecule has 142 valence electrons. The zero-order valence-corrected chi connectivity index (χ0v) is 16.0. The normalized spacial score (nSPS) is 26.3. The molecular weight excluding hydrogens is 332 g/mol. The summed E-state index contributed by atoms with van der Waals surface area (Å²) in [6.45, 7) is 11.6. The molecule has 4 rings (SSSR count). The molecule has 7 heteroatoms. The van der Waals surface area contributed by atoms with Crippen molar-refractivity contribution < 1.29 is 14.3 Å². The Morgan fingerprint density at radius 1 is 1.19 bits per heavy atom. The number of anilines is 1. The van der Waals surface area contributed by atoms with Crippen molar-refractivity contribution in [2.45, 2.75) is 39.2 Å². The van der Waals surface area contributed by atoms with Gasteiger partial charge in [0, 0.05) is 43.4 Å². The molecule has 1 atom stereocenters. The van der Waals surface area contributed by atoms with Crippen LogP contribution in [0, 0.1) is 5.41 Å². The second-order valence-electron chi connectivity index (χ2n) is 8.64. The molecule has 2 saturated heterocycles. The molecule has 0 aromatic carbocycles. The van der Waals surface area contributed by atoms with Gasteiger partial charge in [-0.05, 0) is 6.42 Å². The molecule has 3 aliphatic heterocycles. The number of fused-ring (bicyclic) bond motifs is 2. The predicted octanol–water partition coefficient (Wildman–Crippen LogP) is 1.36. The molecule has 4 heterocycles. The van der Waals surface area contributed by atoms with Gasteiger partial charge in [-0.2, -0.15) is 0 Å². The quantitative estimate of drug-likeness (QED) is 0.753. The molecule has 0 N–H and O–H groups in total. The molecule has 0 aliphatic carbocycles. The smallest absolute Gasteiger partial charge is 0.227 e. The Kier molecular flexibility index (Phi) is 4.39. The molecule has 0 radical (unpaired) electrons. The lowest BCUT2D eigenvalue weighted by atomic mass is 9.80. The van der Waals surface area contributed by atoms with E-state index in [0.717, 1.165) is 43.3 Å². The van der Waals surface area contributed by atoms with E-state index in [2.05, 4.69) is 9.88 Å². The number of ether oxygens (including phenoxy) is 2. The Hall–Kier alpha value is -1.73. The number of hydrogen-bond donors (Lipinski definition) is 0. The SMILES string of the molecule is CC(C)(C)C(=O)N1CCC2(COCc3cnc(N4CCOCC4)nc32)C1.